The molecule has 2 amide bonds. The largest absolute Gasteiger partial charge is 0.349 e. The highest BCUT2D eigenvalue weighted by atomic mass is 16.2. The van der Waals surface area contributed by atoms with Gasteiger partial charge < -0.3 is 10.2 Å². The zero-order valence-electron chi connectivity index (χ0n) is 17.1. The van der Waals surface area contributed by atoms with Crippen LogP contribution in [0.3, 0.4) is 0 Å². The molecule has 2 aromatic carbocycles. The Hall–Kier alpha value is -3.48. The summed E-state index contributed by atoms with van der Waals surface area (Å²) in [7, 11) is 0. The van der Waals surface area contributed by atoms with Gasteiger partial charge in [-0.05, 0) is 48.7 Å². The summed E-state index contributed by atoms with van der Waals surface area (Å²) in [4.78, 5) is 32.0. The average molecular weight is 403 g/mol. The molecule has 2 N–H and O–H groups in total. The molecule has 0 unspecified atom stereocenters. The van der Waals surface area contributed by atoms with E-state index in [1.165, 1.54) is 6.33 Å². The molecular weight excluding hydrogens is 378 g/mol. The summed E-state index contributed by atoms with van der Waals surface area (Å²) in [6.45, 7) is 4.56. The Labute approximate surface area is 175 Å². The third-order valence-corrected chi connectivity index (χ3v) is 5.67. The van der Waals surface area contributed by atoms with Crippen LogP contribution in [0.25, 0.3) is 0 Å². The first-order valence-electron chi connectivity index (χ1n) is 10.3. The highest BCUT2D eigenvalue weighted by Crippen LogP contribution is 2.40. The lowest BCUT2D eigenvalue weighted by molar-refractivity contribution is 0.0934. The lowest BCUT2D eigenvalue weighted by Gasteiger charge is -2.18. The second-order valence-electron chi connectivity index (χ2n) is 7.47. The molecule has 0 radical (unpaired) electrons. The van der Waals surface area contributed by atoms with Gasteiger partial charge in [0.05, 0.1) is 5.92 Å². The van der Waals surface area contributed by atoms with Gasteiger partial charge in [-0.3, -0.25) is 14.7 Å². The van der Waals surface area contributed by atoms with E-state index in [2.05, 4.69) is 34.3 Å². The van der Waals surface area contributed by atoms with Crippen molar-refractivity contribution in [3.8, 4) is 0 Å². The predicted octanol–water partition coefficient (Wildman–Crippen LogP) is 3.52. The van der Waals surface area contributed by atoms with Gasteiger partial charge in [0, 0.05) is 29.4 Å². The van der Waals surface area contributed by atoms with Gasteiger partial charge in [-0.25, -0.2) is 4.98 Å². The summed E-state index contributed by atoms with van der Waals surface area (Å²) < 4.78 is 0. The lowest BCUT2D eigenvalue weighted by atomic mass is 9.98. The van der Waals surface area contributed by atoms with Crippen molar-refractivity contribution in [2.45, 2.75) is 38.6 Å². The summed E-state index contributed by atoms with van der Waals surface area (Å²) >= 11 is 0. The third kappa shape index (κ3) is 3.70. The van der Waals surface area contributed by atoms with Crippen molar-refractivity contribution in [1.82, 2.24) is 20.5 Å². The first-order valence-corrected chi connectivity index (χ1v) is 10.3. The molecular formula is C23H25N5O2. The minimum absolute atomic E-state index is 0.0758. The zero-order valence-corrected chi connectivity index (χ0v) is 17.1. The highest BCUT2D eigenvalue weighted by Gasteiger charge is 2.36. The number of benzene rings is 2. The molecule has 7 nitrogen and oxygen atoms in total. The highest BCUT2D eigenvalue weighted by molar-refractivity contribution is 6.08. The van der Waals surface area contributed by atoms with Crippen LogP contribution in [0.4, 0.5) is 5.69 Å². The van der Waals surface area contributed by atoms with E-state index in [0.29, 0.717) is 23.5 Å². The summed E-state index contributed by atoms with van der Waals surface area (Å²) in [6, 6.07) is 14.9. The van der Waals surface area contributed by atoms with Gasteiger partial charge in [0.15, 0.2) is 0 Å². The van der Waals surface area contributed by atoms with Crippen molar-refractivity contribution in [3.05, 3.63) is 77.4 Å². The van der Waals surface area contributed by atoms with E-state index in [0.717, 1.165) is 24.1 Å². The van der Waals surface area contributed by atoms with E-state index in [1.807, 2.05) is 30.3 Å². The van der Waals surface area contributed by atoms with Crippen molar-refractivity contribution < 1.29 is 9.59 Å². The number of carbonyl (C=O) groups excluding carboxylic acids is 2. The van der Waals surface area contributed by atoms with Gasteiger partial charge in [-0.2, -0.15) is 5.10 Å². The van der Waals surface area contributed by atoms with E-state index in [1.54, 1.807) is 23.1 Å². The topological polar surface area (TPSA) is 91.0 Å². The van der Waals surface area contributed by atoms with E-state index in [4.69, 9.17) is 0 Å². The van der Waals surface area contributed by atoms with Crippen molar-refractivity contribution in [2.24, 2.45) is 0 Å². The van der Waals surface area contributed by atoms with E-state index in [-0.39, 0.29) is 23.8 Å². The molecule has 0 saturated carbocycles. The van der Waals surface area contributed by atoms with Crippen molar-refractivity contribution in [2.75, 3.05) is 11.4 Å². The monoisotopic (exact) mass is 403 g/mol. The molecule has 1 aliphatic rings. The SMILES string of the molecule is CCC(CC)NC(=O)c1ccc2c(c1)[C@H](c1ncn[nH]1)CN2C(=O)c1ccccc1. The van der Waals surface area contributed by atoms with Crippen LogP contribution < -0.4 is 10.2 Å². The van der Waals surface area contributed by atoms with Crippen molar-refractivity contribution >= 4 is 17.5 Å². The van der Waals surface area contributed by atoms with Crippen LogP contribution in [0, 0.1) is 0 Å². The first kappa shape index (κ1) is 19.8. The molecule has 4 rings (SSSR count). The minimum atomic E-state index is -0.170. The number of amides is 2. The van der Waals surface area contributed by atoms with Crippen LogP contribution in [0.2, 0.25) is 0 Å². The number of nitrogens with one attached hydrogen (secondary N) is 2. The van der Waals surface area contributed by atoms with Crippen LogP contribution in [-0.4, -0.2) is 39.6 Å². The normalized spacial score (nSPS) is 15.3. The van der Waals surface area contributed by atoms with Crippen LogP contribution in [0.1, 0.15) is 64.7 Å². The van der Waals surface area contributed by atoms with Gasteiger partial charge in [0.1, 0.15) is 12.2 Å². The predicted molar refractivity (Wildman–Crippen MR) is 115 cm³/mol. The molecule has 1 aromatic heterocycles. The van der Waals surface area contributed by atoms with Crippen LogP contribution in [0.5, 0.6) is 0 Å². The third-order valence-electron chi connectivity index (χ3n) is 5.67. The van der Waals surface area contributed by atoms with Crippen LogP contribution >= 0.6 is 0 Å². The number of anilines is 1. The van der Waals surface area contributed by atoms with E-state index < -0.39 is 0 Å². The van der Waals surface area contributed by atoms with Crippen molar-refractivity contribution in [3.63, 3.8) is 0 Å². The Balaban J connectivity index is 1.70. The van der Waals surface area contributed by atoms with Crippen molar-refractivity contribution in [1.29, 1.82) is 0 Å². The fourth-order valence-corrected chi connectivity index (χ4v) is 3.91. The van der Waals surface area contributed by atoms with Gasteiger partial charge in [-0.1, -0.05) is 32.0 Å². The molecule has 0 fully saturated rings. The van der Waals surface area contributed by atoms with Gasteiger partial charge in [0.25, 0.3) is 11.8 Å². The molecule has 0 aliphatic carbocycles. The number of nitrogens with zero attached hydrogens (tertiary/aromatic N) is 3. The summed E-state index contributed by atoms with van der Waals surface area (Å²) in [5.41, 5.74) is 2.90. The van der Waals surface area contributed by atoms with E-state index >= 15 is 0 Å². The Morgan fingerprint density at radius 2 is 1.90 bits per heavy atom. The summed E-state index contributed by atoms with van der Waals surface area (Å²) in [6.07, 6.45) is 3.22. The van der Waals surface area contributed by atoms with E-state index in [9.17, 15) is 9.59 Å². The van der Waals surface area contributed by atoms with Crippen LogP contribution in [0.15, 0.2) is 54.9 Å². The number of hydrogen-bond acceptors (Lipinski definition) is 4. The fraction of sp³-hybridized carbons (Fsp3) is 0.304. The molecule has 1 atom stereocenters. The summed E-state index contributed by atoms with van der Waals surface area (Å²) in [5, 5.41) is 9.96. The van der Waals surface area contributed by atoms with Gasteiger partial charge in [-0.15, -0.1) is 0 Å². The average Bonchev–Trinajstić information content (AvgIpc) is 3.45. The van der Waals surface area contributed by atoms with Gasteiger partial charge >= 0.3 is 0 Å². The Bertz CT molecular complexity index is 1030. The number of rotatable bonds is 6. The Morgan fingerprint density at radius 1 is 1.13 bits per heavy atom. The molecule has 30 heavy (non-hydrogen) atoms. The number of aromatic amines is 1. The maximum absolute atomic E-state index is 13.2. The Morgan fingerprint density at radius 3 is 2.57 bits per heavy atom. The quantitative estimate of drug-likeness (QED) is 0.659. The molecule has 154 valence electrons. The zero-order chi connectivity index (χ0) is 21.1. The molecule has 1 aliphatic heterocycles. The maximum Gasteiger partial charge on any atom is 0.258 e. The van der Waals surface area contributed by atoms with Gasteiger partial charge in [0.2, 0.25) is 0 Å². The standard InChI is InChI=1S/C23H25N5O2/c1-3-17(4-2)26-22(29)16-10-11-20-18(12-16)19(21-24-14-25-27-21)13-28(20)23(30)15-8-6-5-7-9-15/h5-12,14,17,19H,3-4,13H2,1-2H3,(H,26,29)(H,24,25,27)/t19-/m1/s1. The number of fused-ring (bicyclic) bond motifs is 1. The second kappa shape index (κ2) is 8.49. The maximum atomic E-state index is 13.2. The number of carbonyl (C=O) groups is 2. The fourth-order valence-electron chi connectivity index (χ4n) is 3.91. The summed E-state index contributed by atoms with van der Waals surface area (Å²) in [5.74, 6) is 0.331. The second-order valence-corrected chi connectivity index (χ2v) is 7.47. The molecule has 3 aromatic rings. The molecule has 0 saturated heterocycles. The van der Waals surface area contributed by atoms with Crippen LogP contribution in [-0.2, 0) is 0 Å². The molecule has 0 bridgehead atoms. The first-order chi connectivity index (χ1) is 14.6. The number of aromatic nitrogens is 3. The number of H-pyrrole nitrogens is 1. The Kier molecular flexibility index (Phi) is 5.61. The number of hydrogen-bond donors (Lipinski definition) is 2. The smallest absolute Gasteiger partial charge is 0.258 e. The molecule has 0 spiro atoms. The lowest BCUT2D eigenvalue weighted by Crippen LogP contribution is -2.33. The minimum Gasteiger partial charge on any atom is -0.349 e. The molecule has 2 heterocycles. The molecule has 7 heteroatoms.